The summed E-state index contributed by atoms with van der Waals surface area (Å²) in [4.78, 5) is 16.5. The van der Waals surface area contributed by atoms with Crippen LogP contribution in [0.5, 0.6) is 0 Å². The van der Waals surface area contributed by atoms with Gasteiger partial charge in [0, 0.05) is 22.3 Å². The highest BCUT2D eigenvalue weighted by Crippen LogP contribution is 2.24. The highest BCUT2D eigenvalue weighted by molar-refractivity contribution is 9.10. The Morgan fingerprint density at radius 1 is 1.38 bits per heavy atom. The molecule has 1 aromatic carbocycles. The van der Waals surface area contributed by atoms with Crippen molar-refractivity contribution >= 4 is 44.9 Å². The molecule has 0 spiro atoms. The summed E-state index contributed by atoms with van der Waals surface area (Å²) in [5.74, 6) is 0.362. The van der Waals surface area contributed by atoms with Crippen molar-refractivity contribution in [3.8, 4) is 0 Å². The van der Waals surface area contributed by atoms with Crippen molar-refractivity contribution in [3.05, 3.63) is 51.1 Å². The van der Waals surface area contributed by atoms with Crippen molar-refractivity contribution < 1.29 is 4.79 Å². The van der Waals surface area contributed by atoms with Crippen molar-refractivity contribution in [2.75, 3.05) is 17.2 Å². The summed E-state index contributed by atoms with van der Waals surface area (Å²) in [6, 6.07) is 8.88. The second kappa shape index (κ2) is 6.91. The lowest BCUT2D eigenvalue weighted by atomic mass is 10.2. The molecule has 1 amide bonds. The van der Waals surface area contributed by atoms with E-state index in [1.165, 1.54) is 0 Å². The molecule has 0 aliphatic rings. The number of carbonyl (C=O) groups excluding carboxylic acids is 1. The average molecular weight is 369 g/mol. The van der Waals surface area contributed by atoms with Gasteiger partial charge in [-0.15, -0.1) is 0 Å². The highest BCUT2D eigenvalue weighted by Gasteiger charge is 2.11. The SMILES string of the molecule is CCNc1cc(C(=O)Nc2cccc(Br)c2C)cc(Cl)n1. The zero-order chi connectivity index (χ0) is 15.4. The topological polar surface area (TPSA) is 54.0 Å². The third kappa shape index (κ3) is 3.95. The number of nitrogens with one attached hydrogen (secondary N) is 2. The molecule has 21 heavy (non-hydrogen) atoms. The molecule has 2 rings (SSSR count). The molecule has 1 heterocycles. The largest absolute Gasteiger partial charge is 0.370 e. The fourth-order valence-electron chi connectivity index (χ4n) is 1.84. The smallest absolute Gasteiger partial charge is 0.255 e. The summed E-state index contributed by atoms with van der Waals surface area (Å²) in [6.45, 7) is 4.59. The molecular weight excluding hydrogens is 354 g/mol. The molecule has 4 nitrogen and oxygen atoms in total. The predicted octanol–water partition coefficient (Wildman–Crippen LogP) is 4.49. The molecule has 1 aromatic heterocycles. The van der Waals surface area contributed by atoms with Gasteiger partial charge in [0.1, 0.15) is 11.0 Å². The minimum atomic E-state index is -0.223. The molecule has 0 fully saturated rings. The predicted molar refractivity (Wildman–Crippen MR) is 90.2 cm³/mol. The van der Waals surface area contributed by atoms with E-state index in [1.54, 1.807) is 12.1 Å². The van der Waals surface area contributed by atoms with Crippen LogP contribution in [0.4, 0.5) is 11.5 Å². The first-order valence-electron chi connectivity index (χ1n) is 6.49. The third-order valence-corrected chi connectivity index (χ3v) is 3.98. The Kier molecular flexibility index (Phi) is 5.20. The Morgan fingerprint density at radius 2 is 2.14 bits per heavy atom. The zero-order valence-electron chi connectivity index (χ0n) is 11.7. The number of anilines is 2. The molecule has 2 N–H and O–H groups in total. The summed E-state index contributed by atoms with van der Waals surface area (Å²) < 4.78 is 0.946. The lowest BCUT2D eigenvalue weighted by Gasteiger charge is -2.11. The standard InChI is InChI=1S/C15H15BrClN3O/c1-3-18-14-8-10(7-13(17)20-14)15(21)19-12-6-4-5-11(16)9(12)2/h4-8H,3H2,1-2H3,(H,18,20)(H,19,21). The van der Waals surface area contributed by atoms with Gasteiger partial charge in [-0.1, -0.05) is 33.6 Å². The van der Waals surface area contributed by atoms with Crippen LogP contribution >= 0.6 is 27.5 Å². The van der Waals surface area contributed by atoms with Crippen molar-refractivity contribution in [2.45, 2.75) is 13.8 Å². The molecule has 2 aromatic rings. The van der Waals surface area contributed by atoms with Crippen LogP contribution in [-0.2, 0) is 0 Å². The lowest BCUT2D eigenvalue weighted by molar-refractivity contribution is 0.102. The Hall–Kier alpha value is -1.59. The molecule has 0 bridgehead atoms. The number of hydrogen-bond acceptors (Lipinski definition) is 3. The number of halogens is 2. The molecule has 110 valence electrons. The number of benzene rings is 1. The Labute approximate surface area is 137 Å². The van der Waals surface area contributed by atoms with E-state index in [0.29, 0.717) is 17.9 Å². The Balaban J connectivity index is 2.26. The first-order chi connectivity index (χ1) is 10.0. The lowest BCUT2D eigenvalue weighted by Crippen LogP contribution is -2.14. The molecule has 0 unspecified atom stereocenters. The van der Waals surface area contributed by atoms with Crippen LogP contribution < -0.4 is 10.6 Å². The molecule has 0 aliphatic carbocycles. The van der Waals surface area contributed by atoms with Crippen LogP contribution in [0.25, 0.3) is 0 Å². The van der Waals surface area contributed by atoms with E-state index in [-0.39, 0.29) is 11.1 Å². The van der Waals surface area contributed by atoms with Crippen molar-refractivity contribution in [1.29, 1.82) is 0 Å². The van der Waals surface area contributed by atoms with Gasteiger partial charge < -0.3 is 10.6 Å². The summed E-state index contributed by atoms with van der Waals surface area (Å²) >= 11 is 9.39. The fourth-order valence-corrected chi connectivity index (χ4v) is 2.41. The second-order valence-electron chi connectivity index (χ2n) is 4.46. The van der Waals surface area contributed by atoms with Gasteiger partial charge in [0.25, 0.3) is 5.91 Å². The highest BCUT2D eigenvalue weighted by atomic mass is 79.9. The Morgan fingerprint density at radius 3 is 2.86 bits per heavy atom. The quantitative estimate of drug-likeness (QED) is 0.782. The maximum Gasteiger partial charge on any atom is 0.255 e. The molecule has 0 aliphatic heterocycles. The number of carbonyl (C=O) groups is 1. The van der Waals surface area contributed by atoms with E-state index in [4.69, 9.17) is 11.6 Å². The second-order valence-corrected chi connectivity index (χ2v) is 5.70. The summed E-state index contributed by atoms with van der Waals surface area (Å²) in [5.41, 5.74) is 2.19. The first kappa shape index (κ1) is 15.8. The van der Waals surface area contributed by atoms with E-state index >= 15 is 0 Å². The van der Waals surface area contributed by atoms with Gasteiger partial charge in [-0.25, -0.2) is 4.98 Å². The Bertz CT molecular complexity index is 676. The molecule has 0 saturated carbocycles. The van der Waals surface area contributed by atoms with E-state index < -0.39 is 0 Å². The van der Waals surface area contributed by atoms with Crippen LogP contribution in [0, 0.1) is 6.92 Å². The molecule has 0 atom stereocenters. The minimum Gasteiger partial charge on any atom is -0.370 e. The van der Waals surface area contributed by atoms with Gasteiger partial charge in [0.05, 0.1) is 0 Å². The number of rotatable bonds is 4. The van der Waals surface area contributed by atoms with E-state index in [2.05, 4.69) is 31.5 Å². The van der Waals surface area contributed by atoms with Crippen molar-refractivity contribution in [1.82, 2.24) is 4.98 Å². The first-order valence-corrected chi connectivity index (χ1v) is 7.66. The van der Waals surface area contributed by atoms with Crippen LogP contribution in [0.2, 0.25) is 5.15 Å². The molecule has 6 heteroatoms. The van der Waals surface area contributed by atoms with Gasteiger partial charge in [-0.05, 0) is 43.7 Å². The monoisotopic (exact) mass is 367 g/mol. The van der Waals surface area contributed by atoms with Gasteiger partial charge in [0.2, 0.25) is 0 Å². The molecular formula is C15H15BrClN3O. The van der Waals surface area contributed by atoms with E-state index in [9.17, 15) is 4.79 Å². The van der Waals surface area contributed by atoms with E-state index in [0.717, 1.165) is 15.7 Å². The maximum absolute atomic E-state index is 12.3. The zero-order valence-corrected chi connectivity index (χ0v) is 14.0. The van der Waals surface area contributed by atoms with Crippen molar-refractivity contribution in [2.24, 2.45) is 0 Å². The van der Waals surface area contributed by atoms with Crippen LogP contribution in [0.15, 0.2) is 34.8 Å². The van der Waals surface area contributed by atoms with Gasteiger partial charge in [-0.2, -0.15) is 0 Å². The fraction of sp³-hybridized carbons (Fsp3) is 0.200. The van der Waals surface area contributed by atoms with Gasteiger partial charge in [0.15, 0.2) is 0 Å². The number of amides is 1. The van der Waals surface area contributed by atoms with Crippen molar-refractivity contribution in [3.63, 3.8) is 0 Å². The maximum atomic E-state index is 12.3. The average Bonchev–Trinajstić information content (AvgIpc) is 2.43. The number of pyridine rings is 1. The van der Waals surface area contributed by atoms with Gasteiger partial charge >= 0.3 is 0 Å². The number of aromatic nitrogens is 1. The van der Waals surface area contributed by atoms with Crippen LogP contribution in [0.3, 0.4) is 0 Å². The minimum absolute atomic E-state index is 0.223. The van der Waals surface area contributed by atoms with Crippen LogP contribution in [0.1, 0.15) is 22.8 Å². The molecule has 0 saturated heterocycles. The summed E-state index contributed by atoms with van der Waals surface area (Å²) in [7, 11) is 0. The summed E-state index contributed by atoms with van der Waals surface area (Å²) in [6.07, 6.45) is 0. The molecule has 0 radical (unpaired) electrons. The van der Waals surface area contributed by atoms with Gasteiger partial charge in [-0.3, -0.25) is 4.79 Å². The third-order valence-electron chi connectivity index (χ3n) is 2.93. The number of hydrogen-bond donors (Lipinski definition) is 2. The van der Waals surface area contributed by atoms with E-state index in [1.807, 2.05) is 32.0 Å². The summed E-state index contributed by atoms with van der Waals surface area (Å²) in [5, 5.41) is 6.21. The number of nitrogens with zero attached hydrogens (tertiary/aromatic N) is 1. The van der Waals surface area contributed by atoms with Crippen LogP contribution in [-0.4, -0.2) is 17.4 Å². The normalized spacial score (nSPS) is 10.3.